The molecule has 0 aromatic carbocycles. The minimum Gasteiger partial charge on any atom is -0.393 e. The third-order valence-corrected chi connectivity index (χ3v) is 6.16. The number of hydrogen-bond acceptors (Lipinski definition) is 2. The Bertz CT molecular complexity index is 288. The molecule has 2 unspecified atom stereocenters. The summed E-state index contributed by atoms with van der Waals surface area (Å²) >= 11 is 0. The van der Waals surface area contributed by atoms with Crippen molar-refractivity contribution in [1.29, 1.82) is 0 Å². The van der Waals surface area contributed by atoms with Crippen LogP contribution in [0.5, 0.6) is 0 Å². The number of hydrogen-bond donors (Lipinski definition) is 1. The number of ether oxygens (including phenoxy) is 1. The molecule has 116 valence electrons. The first-order chi connectivity index (χ1) is 9.79. The molecule has 2 atom stereocenters. The molecule has 1 N–H and O–H groups in total. The van der Waals surface area contributed by atoms with Crippen molar-refractivity contribution in [3.63, 3.8) is 0 Å². The highest BCUT2D eigenvalue weighted by Gasteiger charge is 2.42. The first-order valence-corrected chi connectivity index (χ1v) is 9.11. The average Bonchev–Trinajstić information content (AvgIpc) is 2.86. The summed E-state index contributed by atoms with van der Waals surface area (Å²) in [5.74, 6) is 1.07. The van der Waals surface area contributed by atoms with Crippen molar-refractivity contribution in [1.82, 2.24) is 0 Å². The fourth-order valence-electron chi connectivity index (χ4n) is 4.94. The fraction of sp³-hybridized carbons (Fsp3) is 1.00. The van der Waals surface area contributed by atoms with E-state index in [2.05, 4.69) is 0 Å². The molecule has 0 aromatic heterocycles. The lowest BCUT2D eigenvalue weighted by atomic mass is 9.75. The van der Waals surface area contributed by atoms with Gasteiger partial charge in [0.05, 0.1) is 11.7 Å². The van der Waals surface area contributed by atoms with Gasteiger partial charge in [0.25, 0.3) is 0 Å². The van der Waals surface area contributed by atoms with Crippen molar-refractivity contribution in [2.45, 2.75) is 95.2 Å². The van der Waals surface area contributed by atoms with Gasteiger partial charge in [-0.3, -0.25) is 0 Å². The van der Waals surface area contributed by atoms with Gasteiger partial charge in [-0.25, -0.2) is 0 Å². The Labute approximate surface area is 124 Å². The summed E-state index contributed by atoms with van der Waals surface area (Å²) in [5.41, 5.74) is 0.158. The van der Waals surface area contributed by atoms with Gasteiger partial charge < -0.3 is 9.84 Å². The topological polar surface area (TPSA) is 29.5 Å². The molecule has 0 bridgehead atoms. The van der Waals surface area contributed by atoms with Crippen molar-refractivity contribution >= 4 is 0 Å². The Kier molecular flexibility index (Phi) is 5.04. The summed E-state index contributed by atoms with van der Waals surface area (Å²) in [5, 5.41) is 10.9. The minimum absolute atomic E-state index is 0.0607. The first-order valence-electron chi connectivity index (χ1n) is 9.11. The summed E-state index contributed by atoms with van der Waals surface area (Å²) in [6.07, 6.45) is 16.6. The van der Waals surface area contributed by atoms with Crippen molar-refractivity contribution in [2.24, 2.45) is 11.8 Å². The van der Waals surface area contributed by atoms with E-state index in [1.807, 2.05) is 0 Å². The zero-order chi connectivity index (χ0) is 13.8. The van der Waals surface area contributed by atoms with E-state index in [4.69, 9.17) is 4.74 Å². The Balaban J connectivity index is 1.58. The summed E-state index contributed by atoms with van der Waals surface area (Å²) < 4.78 is 6.13. The van der Waals surface area contributed by atoms with Crippen molar-refractivity contribution in [3.05, 3.63) is 0 Å². The standard InChI is InChI=1S/C18H32O2/c19-17(15-8-4-2-1-3-5-9-15)16-10-13-20-18(14-16)11-6-7-12-18/h15-17,19H,1-14H2. The van der Waals surface area contributed by atoms with E-state index in [0.29, 0.717) is 11.8 Å². The summed E-state index contributed by atoms with van der Waals surface area (Å²) in [6, 6.07) is 0. The van der Waals surface area contributed by atoms with Crippen LogP contribution < -0.4 is 0 Å². The normalized spacial score (nSPS) is 33.8. The Morgan fingerprint density at radius 1 is 0.800 bits per heavy atom. The van der Waals surface area contributed by atoms with Crippen LogP contribution in [-0.4, -0.2) is 23.4 Å². The zero-order valence-electron chi connectivity index (χ0n) is 13.0. The molecular weight excluding hydrogens is 248 g/mol. The number of aliphatic hydroxyl groups is 1. The molecule has 3 rings (SSSR count). The Hall–Kier alpha value is -0.0800. The SMILES string of the molecule is OC(C1CCCCCCC1)C1CCOC2(CCCC2)C1. The summed E-state index contributed by atoms with van der Waals surface area (Å²) in [6.45, 7) is 0.883. The lowest BCUT2D eigenvalue weighted by Crippen LogP contribution is -2.43. The van der Waals surface area contributed by atoms with Gasteiger partial charge in [-0.1, -0.05) is 44.9 Å². The molecule has 20 heavy (non-hydrogen) atoms. The van der Waals surface area contributed by atoms with Crippen molar-refractivity contribution in [3.8, 4) is 0 Å². The first kappa shape index (κ1) is 14.8. The van der Waals surface area contributed by atoms with Crippen LogP contribution in [0.15, 0.2) is 0 Å². The predicted octanol–water partition coefficient (Wildman–Crippen LogP) is 4.45. The third-order valence-electron chi connectivity index (χ3n) is 6.16. The van der Waals surface area contributed by atoms with Crippen molar-refractivity contribution < 1.29 is 9.84 Å². The van der Waals surface area contributed by atoms with Crippen LogP contribution in [0.3, 0.4) is 0 Å². The van der Waals surface area contributed by atoms with E-state index < -0.39 is 0 Å². The molecule has 3 fully saturated rings. The molecule has 1 spiro atoms. The number of rotatable bonds is 2. The second-order valence-electron chi connectivity index (χ2n) is 7.59. The molecule has 1 saturated heterocycles. The van der Waals surface area contributed by atoms with Crippen LogP contribution in [0.2, 0.25) is 0 Å². The highest BCUT2D eigenvalue weighted by Crippen LogP contribution is 2.44. The van der Waals surface area contributed by atoms with Gasteiger partial charge in [-0.15, -0.1) is 0 Å². The third kappa shape index (κ3) is 3.39. The minimum atomic E-state index is -0.0607. The van der Waals surface area contributed by atoms with Gasteiger partial charge in [0.2, 0.25) is 0 Å². The maximum atomic E-state index is 10.9. The lowest BCUT2D eigenvalue weighted by molar-refractivity contribution is -0.121. The summed E-state index contributed by atoms with van der Waals surface area (Å²) in [7, 11) is 0. The van der Waals surface area contributed by atoms with Crippen LogP contribution in [0.4, 0.5) is 0 Å². The smallest absolute Gasteiger partial charge is 0.0686 e. The molecule has 0 amide bonds. The number of aliphatic hydroxyl groups excluding tert-OH is 1. The van der Waals surface area contributed by atoms with Gasteiger partial charge in [-0.05, 0) is 50.4 Å². The monoisotopic (exact) mass is 280 g/mol. The van der Waals surface area contributed by atoms with Gasteiger partial charge in [0.15, 0.2) is 0 Å². The van der Waals surface area contributed by atoms with Crippen LogP contribution in [0.25, 0.3) is 0 Å². The molecule has 2 heteroatoms. The maximum Gasteiger partial charge on any atom is 0.0686 e. The molecule has 2 nitrogen and oxygen atoms in total. The highest BCUT2D eigenvalue weighted by atomic mass is 16.5. The maximum absolute atomic E-state index is 10.9. The molecule has 3 aliphatic rings. The predicted molar refractivity (Wildman–Crippen MR) is 81.7 cm³/mol. The summed E-state index contributed by atoms with van der Waals surface area (Å²) in [4.78, 5) is 0. The quantitative estimate of drug-likeness (QED) is 0.810. The van der Waals surface area contributed by atoms with Crippen LogP contribution in [0.1, 0.15) is 83.5 Å². The van der Waals surface area contributed by atoms with E-state index in [1.165, 1.54) is 70.6 Å². The van der Waals surface area contributed by atoms with Gasteiger partial charge in [0, 0.05) is 6.61 Å². The molecule has 0 aromatic rings. The van der Waals surface area contributed by atoms with E-state index in [0.717, 1.165) is 19.4 Å². The molecule has 0 radical (unpaired) electrons. The molecule has 1 aliphatic heterocycles. The second kappa shape index (κ2) is 6.79. The van der Waals surface area contributed by atoms with Gasteiger partial charge in [-0.2, -0.15) is 0 Å². The Morgan fingerprint density at radius 2 is 1.45 bits per heavy atom. The average molecular weight is 280 g/mol. The van der Waals surface area contributed by atoms with Crippen LogP contribution in [0, 0.1) is 11.8 Å². The van der Waals surface area contributed by atoms with Crippen molar-refractivity contribution in [2.75, 3.05) is 6.61 Å². The van der Waals surface area contributed by atoms with E-state index in [1.54, 1.807) is 0 Å². The highest BCUT2D eigenvalue weighted by molar-refractivity contribution is 4.94. The second-order valence-corrected chi connectivity index (χ2v) is 7.59. The Morgan fingerprint density at radius 3 is 2.15 bits per heavy atom. The fourth-order valence-corrected chi connectivity index (χ4v) is 4.94. The molecule has 2 saturated carbocycles. The van der Waals surface area contributed by atoms with E-state index in [9.17, 15) is 5.11 Å². The van der Waals surface area contributed by atoms with Crippen LogP contribution in [-0.2, 0) is 4.74 Å². The molecule has 1 heterocycles. The van der Waals surface area contributed by atoms with E-state index in [-0.39, 0.29) is 11.7 Å². The molecular formula is C18H32O2. The zero-order valence-corrected chi connectivity index (χ0v) is 13.0. The van der Waals surface area contributed by atoms with E-state index >= 15 is 0 Å². The molecule has 2 aliphatic carbocycles. The largest absolute Gasteiger partial charge is 0.393 e. The van der Waals surface area contributed by atoms with Crippen LogP contribution >= 0.6 is 0 Å². The lowest BCUT2D eigenvalue weighted by Gasteiger charge is -2.42. The van der Waals surface area contributed by atoms with Gasteiger partial charge >= 0.3 is 0 Å². The van der Waals surface area contributed by atoms with Gasteiger partial charge in [0.1, 0.15) is 0 Å².